The summed E-state index contributed by atoms with van der Waals surface area (Å²) in [6.45, 7) is 1.77. The molecule has 9 nitrogen and oxygen atoms in total. The predicted molar refractivity (Wildman–Crippen MR) is 114 cm³/mol. The molecule has 0 unspecified atom stereocenters. The summed E-state index contributed by atoms with van der Waals surface area (Å²) in [5.74, 6) is 0.432. The molecule has 0 radical (unpaired) electrons. The lowest BCUT2D eigenvalue weighted by atomic mass is 10.3. The summed E-state index contributed by atoms with van der Waals surface area (Å²) in [6.07, 6.45) is 0.737. The highest BCUT2D eigenvalue weighted by Gasteiger charge is 2.31. The van der Waals surface area contributed by atoms with E-state index in [4.69, 9.17) is 9.47 Å². The molecule has 2 aliphatic rings. The van der Waals surface area contributed by atoms with Crippen molar-refractivity contribution >= 4 is 33.2 Å². The molecule has 0 spiro atoms. The van der Waals surface area contributed by atoms with Gasteiger partial charge in [-0.2, -0.15) is 4.31 Å². The first-order valence-corrected chi connectivity index (χ1v) is 12.3. The third kappa shape index (κ3) is 4.83. The molecule has 1 aromatic heterocycles. The van der Waals surface area contributed by atoms with Gasteiger partial charge in [-0.25, -0.2) is 8.42 Å². The van der Waals surface area contributed by atoms with Crippen molar-refractivity contribution in [1.29, 1.82) is 0 Å². The molecule has 0 atom stereocenters. The smallest absolute Gasteiger partial charge is 0.261 e. The van der Waals surface area contributed by atoms with Crippen LogP contribution in [0.4, 0.5) is 0 Å². The van der Waals surface area contributed by atoms with Gasteiger partial charge in [0.2, 0.25) is 15.9 Å². The fourth-order valence-corrected chi connectivity index (χ4v) is 5.47. The molecule has 31 heavy (non-hydrogen) atoms. The van der Waals surface area contributed by atoms with Gasteiger partial charge in [-0.05, 0) is 23.6 Å². The van der Waals surface area contributed by atoms with Crippen molar-refractivity contribution in [2.45, 2.75) is 11.3 Å². The molecular formula is C20H23N3O6S2. The number of sulfonamides is 1. The first-order valence-electron chi connectivity index (χ1n) is 9.94. The van der Waals surface area contributed by atoms with E-state index in [2.05, 4.69) is 5.32 Å². The van der Waals surface area contributed by atoms with E-state index < -0.39 is 10.0 Å². The molecule has 0 aliphatic carbocycles. The van der Waals surface area contributed by atoms with Crippen LogP contribution in [0.25, 0.3) is 0 Å². The van der Waals surface area contributed by atoms with Crippen LogP contribution in [0.15, 0.2) is 40.6 Å². The summed E-state index contributed by atoms with van der Waals surface area (Å²) in [4.78, 5) is 26.6. The van der Waals surface area contributed by atoms with Gasteiger partial charge in [-0.1, -0.05) is 6.07 Å². The Bertz CT molecular complexity index is 1050. The van der Waals surface area contributed by atoms with Crippen LogP contribution >= 0.6 is 11.3 Å². The van der Waals surface area contributed by atoms with Gasteiger partial charge in [0.25, 0.3) is 5.91 Å². The topological polar surface area (TPSA) is 105 Å². The second-order valence-electron chi connectivity index (χ2n) is 7.10. The molecule has 1 N–H and O–H groups in total. The Kier molecular flexibility index (Phi) is 6.44. The van der Waals surface area contributed by atoms with Gasteiger partial charge in [0, 0.05) is 38.7 Å². The fourth-order valence-electron chi connectivity index (χ4n) is 3.39. The molecule has 2 aliphatic heterocycles. The molecule has 4 rings (SSSR count). The molecule has 2 aromatic rings. The lowest BCUT2D eigenvalue weighted by Crippen LogP contribution is -2.52. The monoisotopic (exact) mass is 465 g/mol. The quantitative estimate of drug-likeness (QED) is 0.711. The molecule has 1 fully saturated rings. The number of nitrogens with zero attached hydrogens (tertiary/aromatic N) is 2. The number of piperazine rings is 1. The number of amides is 2. The van der Waals surface area contributed by atoms with Gasteiger partial charge in [0.05, 0.1) is 29.5 Å². The summed E-state index contributed by atoms with van der Waals surface area (Å²) >= 11 is 1.30. The molecule has 2 amide bonds. The Hall–Kier alpha value is -2.63. The number of benzene rings is 1. The van der Waals surface area contributed by atoms with Crippen LogP contribution in [-0.2, 0) is 14.8 Å². The van der Waals surface area contributed by atoms with Crippen molar-refractivity contribution in [2.75, 3.05) is 45.9 Å². The zero-order chi connectivity index (χ0) is 21.8. The summed E-state index contributed by atoms with van der Waals surface area (Å²) in [7, 11) is -3.72. The Balaban J connectivity index is 1.34. The molecule has 166 valence electrons. The van der Waals surface area contributed by atoms with Crippen LogP contribution in [0.2, 0.25) is 0 Å². The Morgan fingerprint density at radius 3 is 2.48 bits per heavy atom. The molecule has 3 heterocycles. The van der Waals surface area contributed by atoms with Crippen LogP contribution in [0.5, 0.6) is 11.5 Å². The molecule has 0 saturated carbocycles. The van der Waals surface area contributed by atoms with Gasteiger partial charge < -0.3 is 19.7 Å². The second-order valence-corrected chi connectivity index (χ2v) is 9.99. The number of fused-ring (bicyclic) bond motifs is 1. The zero-order valence-electron chi connectivity index (χ0n) is 16.8. The van der Waals surface area contributed by atoms with Crippen LogP contribution in [0, 0.1) is 0 Å². The lowest BCUT2D eigenvalue weighted by molar-refractivity contribution is -0.131. The largest absolute Gasteiger partial charge is 0.490 e. The van der Waals surface area contributed by atoms with E-state index >= 15 is 0 Å². The van der Waals surface area contributed by atoms with E-state index in [0.717, 1.165) is 6.42 Å². The molecular weight excluding hydrogens is 442 g/mol. The van der Waals surface area contributed by atoms with Gasteiger partial charge in [-0.15, -0.1) is 11.3 Å². The summed E-state index contributed by atoms with van der Waals surface area (Å²) in [5, 5.41) is 4.40. The molecule has 0 bridgehead atoms. The van der Waals surface area contributed by atoms with Gasteiger partial charge in [0.1, 0.15) is 0 Å². The van der Waals surface area contributed by atoms with E-state index in [9.17, 15) is 18.0 Å². The highest BCUT2D eigenvalue weighted by molar-refractivity contribution is 7.89. The average molecular weight is 466 g/mol. The maximum absolute atomic E-state index is 13.1. The van der Waals surface area contributed by atoms with E-state index in [1.807, 2.05) is 0 Å². The maximum atomic E-state index is 13.1. The van der Waals surface area contributed by atoms with Crippen molar-refractivity contribution in [1.82, 2.24) is 14.5 Å². The SMILES string of the molecule is O=C(NCC(=O)N1CCN(S(=O)(=O)c2ccc3c(c2)OCCCO3)CC1)c1cccs1. The number of ether oxygens (including phenoxy) is 2. The van der Waals surface area contributed by atoms with Crippen molar-refractivity contribution in [2.24, 2.45) is 0 Å². The predicted octanol–water partition coefficient (Wildman–Crippen LogP) is 1.17. The third-order valence-electron chi connectivity index (χ3n) is 5.09. The third-order valence-corrected chi connectivity index (χ3v) is 7.86. The van der Waals surface area contributed by atoms with Crippen LogP contribution in [0.1, 0.15) is 16.1 Å². The minimum absolute atomic E-state index is 0.119. The fraction of sp³-hybridized carbons (Fsp3) is 0.400. The Morgan fingerprint density at radius 2 is 1.77 bits per heavy atom. The normalized spacial score (nSPS) is 17.1. The minimum atomic E-state index is -3.72. The molecule has 1 aromatic carbocycles. The minimum Gasteiger partial charge on any atom is -0.490 e. The van der Waals surface area contributed by atoms with Crippen molar-refractivity contribution in [3.63, 3.8) is 0 Å². The number of nitrogens with one attached hydrogen (secondary N) is 1. The summed E-state index contributed by atoms with van der Waals surface area (Å²) in [5.41, 5.74) is 0. The van der Waals surface area contributed by atoms with Crippen molar-refractivity contribution in [3.8, 4) is 11.5 Å². The van der Waals surface area contributed by atoms with Crippen molar-refractivity contribution in [3.05, 3.63) is 40.6 Å². The first kappa shape index (κ1) is 21.6. The van der Waals surface area contributed by atoms with E-state index in [0.29, 0.717) is 29.6 Å². The Morgan fingerprint density at radius 1 is 1.03 bits per heavy atom. The molecule has 1 saturated heterocycles. The first-order chi connectivity index (χ1) is 14.9. The van der Waals surface area contributed by atoms with Crippen molar-refractivity contribution < 1.29 is 27.5 Å². The number of hydrogen-bond donors (Lipinski definition) is 1. The van der Waals surface area contributed by atoms with Gasteiger partial charge >= 0.3 is 0 Å². The number of carbonyl (C=O) groups excluding carboxylic acids is 2. The lowest BCUT2D eigenvalue weighted by Gasteiger charge is -2.34. The maximum Gasteiger partial charge on any atom is 0.261 e. The molecule has 11 heteroatoms. The van der Waals surface area contributed by atoms with Crippen LogP contribution in [-0.4, -0.2) is 75.4 Å². The van der Waals surface area contributed by atoms with Gasteiger partial charge in [0.15, 0.2) is 11.5 Å². The van der Waals surface area contributed by atoms with E-state index in [-0.39, 0.29) is 49.4 Å². The number of rotatable bonds is 5. The van der Waals surface area contributed by atoms with Gasteiger partial charge in [-0.3, -0.25) is 9.59 Å². The number of carbonyl (C=O) groups is 2. The highest BCUT2D eigenvalue weighted by atomic mass is 32.2. The standard InChI is InChI=1S/C20H23N3O6S2/c24-19(14-21-20(25)18-3-1-12-30-18)22-6-8-23(9-7-22)31(26,27)15-4-5-16-17(13-15)29-11-2-10-28-16/h1,3-5,12-13H,2,6-11,14H2,(H,21,25). The zero-order valence-corrected chi connectivity index (χ0v) is 18.4. The van der Waals surface area contributed by atoms with E-state index in [1.54, 1.807) is 28.5 Å². The average Bonchev–Trinajstić information content (AvgIpc) is 3.22. The highest BCUT2D eigenvalue weighted by Crippen LogP contribution is 2.33. The summed E-state index contributed by atoms with van der Waals surface area (Å²) in [6, 6.07) is 8.08. The second kappa shape index (κ2) is 9.25. The van der Waals surface area contributed by atoms with Crippen LogP contribution in [0.3, 0.4) is 0 Å². The number of hydrogen-bond acceptors (Lipinski definition) is 7. The Labute approximate surface area is 184 Å². The van der Waals surface area contributed by atoms with E-state index in [1.165, 1.54) is 27.8 Å². The number of thiophene rings is 1. The van der Waals surface area contributed by atoms with Crippen LogP contribution < -0.4 is 14.8 Å². The summed E-state index contributed by atoms with van der Waals surface area (Å²) < 4.78 is 38.6.